The van der Waals surface area contributed by atoms with Crippen LogP contribution in [-0.4, -0.2) is 56.8 Å². The number of likely N-dealkylation sites (tertiary alicyclic amines) is 1. The Hall–Kier alpha value is -3.61. The summed E-state index contributed by atoms with van der Waals surface area (Å²) < 4.78 is 7.29. The lowest BCUT2D eigenvalue weighted by Gasteiger charge is -2.31. The van der Waals surface area contributed by atoms with Crippen LogP contribution in [0, 0.1) is 12.8 Å². The molecule has 3 aliphatic rings. The summed E-state index contributed by atoms with van der Waals surface area (Å²) in [7, 11) is 0. The fraction of sp³-hybridized carbons (Fsp3) is 0.370. The summed E-state index contributed by atoms with van der Waals surface area (Å²) in [5.41, 5.74) is 4.93. The smallest absolute Gasteiger partial charge is 0.342 e. The summed E-state index contributed by atoms with van der Waals surface area (Å²) in [4.78, 5) is 32.3. The third-order valence-corrected chi connectivity index (χ3v) is 7.02. The van der Waals surface area contributed by atoms with Gasteiger partial charge in [-0.3, -0.25) is 4.79 Å². The number of benzene rings is 1. The number of rotatable bonds is 3. The van der Waals surface area contributed by atoms with Gasteiger partial charge in [-0.15, -0.1) is 0 Å². The summed E-state index contributed by atoms with van der Waals surface area (Å²) in [6, 6.07) is 8.04. The highest BCUT2D eigenvalue weighted by atomic mass is 16.5. The van der Waals surface area contributed by atoms with Gasteiger partial charge in [0.25, 0.3) is 0 Å². The zero-order valence-electron chi connectivity index (χ0n) is 19.7. The minimum absolute atomic E-state index is 0.000978. The van der Waals surface area contributed by atoms with E-state index in [1.165, 1.54) is 5.56 Å². The van der Waals surface area contributed by atoms with Gasteiger partial charge in [-0.2, -0.15) is 9.56 Å². The van der Waals surface area contributed by atoms with Crippen molar-refractivity contribution in [3.05, 3.63) is 71.7 Å². The van der Waals surface area contributed by atoms with Crippen LogP contribution in [0.1, 0.15) is 43.6 Å². The summed E-state index contributed by atoms with van der Waals surface area (Å²) in [6.07, 6.45) is 7.59. The maximum absolute atomic E-state index is 13.2. The number of carbonyl (C=O) groups is 2. The Morgan fingerprint density at radius 2 is 1.88 bits per heavy atom. The Bertz CT molecular complexity index is 1240. The van der Waals surface area contributed by atoms with Crippen LogP contribution in [0.15, 0.2) is 64.7 Å². The van der Waals surface area contributed by atoms with E-state index in [0.717, 1.165) is 35.3 Å². The van der Waals surface area contributed by atoms with Gasteiger partial charge in [0.15, 0.2) is 6.54 Å². The van der Waals surface area contributed by atoms with Gasteiger partial charge in [0.1, 0.15) is 5.92 Å². The Balaban J connectivity index is 1.21. The number of aryl methyl sites for hydroxylation is 1. The molecule has 7 nitrogen and oxygen atoms in total. The molecule has 2 amide bonds. The number of amides is 2. The summed E-state index contributed by atoms with van der Waals surface area (Å²) >= 11 is 0. The van der Waals surface area contributed by atoms with E-state index in [4.69, 9.17) is 4.52 Å². The second-order valence-corrected chi connectivity index (χ2v) is 9.44. The van der Waals surface area contributed by atoms with Crippen molar-refractivity contribution in [3.8, 4) is 11.4 Å². The largest absolute Gasteiger partial charge is 0.388 e. The monoisotopic (exact) mass is 457 g/mol. The molecule has 34 heavy (non-hydrogen) atoms. The highest BCUT2D eigenvalue weighted by molar-refractivity contribution is 6.05. The maximum atomic E-state index is 13.2. The number of hydrogen-bond acceptors (Lipinski definition) is 5. The molecule has 2 aliphatic heterocycles. The lowest BCUT2D eigenvalue weighted by atomic mass is 9.95. The lowest BCUT2D eigenvalue weighted by Crippen LogP contribution is -2.42. The van der Waals surface area contributed by atoms with Crippen LogP contribution in [-0.2, 0) is 9.59 Å². The Kier molecular flexibility index (Phi) is 5.86. The van der Waals surface area contributed by atoms with Crippen molar-refractivity contribution in [1.82, 2.24) is 15.0 Å². The molecule has 1 aromatic heterocycles. The normalized spacial score (nSPS) is 23.5. The minimum Gasteiger partial charge on any atom is -0.342 e. The van der Waals surface area contributed by atoms with Gasteiger partial charge in [0, 0.05) is 36.7 Å². The van der Waals surface area contributed by atoms with Crippen molar-refractivity contribution in [2.45, 2.75) is 39.0 Å². The van der Waals surface area contributed by atoms with Crippen LogP contribution >= 0.6 is 0 Å². The summed E-state index contributed by atoms with van der Waals surface area (Å²) in [5, 5.41) is 4.15. The molecule has 0 saturated carbocycles. The number of piperidine rings is 1. The first kappa shape index (κ1) is 22.2. The lowest BCUT2D eigenvalue weighted by molar-refractivity contribution is -0.434. The molecule has 1 atom stereocenters. The molecule has 2 saturated heterocycles. The quantitative estimate of drug-likeness (QED) is 0.655. The molecule has 5 rings (SSSR count). The van der Waals surface area contributed by atoms with E-state index in [9.17, 15) is 9.59 Å². The van der Waals surface area contributed by atoms with Crippen molar-refractivity contribution in [2.24, 2.45) is 5.92 Å². The maximum Gasteiger partial charge on any atom is 0.388 e. The predicted molar refractivity (Wildman–Crippen MR) is 128 cm³/mol. The molecule has 1 aromatic carbocycles. The molecule has 0 radical (unpaired) electrons. The molecule has 0 spiro atoms. The summed E-state index contributed by atoms with van der Waals surface area (Å²) in [5.74, 6) is 1.13. The van der Waals surface area contributed by atoms with E-state index < -0.39 is 0 Å². The van der Waals surface area contributed by atoms with Crippen LogP contribution in [0.3, 0.4) is 0 Å². The number of aromatic nitrogens is 2. The van der Waals surface area contributed by atoms with Crippen LogP contribution in [0.2, 0.25) is 0 Å². The molecular weight excluding hydrogens is 428 g/mol. The van der Waals surface area contributed by atoms with Gasteiger partial charge in [-0.05, 0) is 43.9 Å². The Labute approximate surface area is 199 Å². The highest BCUT2D eigenvalue weighted by Gasteiger charge is 2.43. The fourth-order valence-corrected chi connectivity index (χ4v) is 4.80. The van der Waals surface area contributed by atoms with Crippen molar-refractivity contribution < 1.29 is 18.7 Å². The van der Waals surface area contributed by atoms with Gasteiger partial charge in [-0.1, -0.05) is 41.6 Å². The molecule has 174 valence electrons. The molecule has 2 aromatic rings. The third kappa shape index (κ3) is 4.30. The minimum atomic E-state index is -0.305. The number of hydrogen-bond donors (Lipinski definition) is 0. The molecule has 0 bridgehead atoms. The van der Waals surface area contributed by atoms with Gasteiger partial charge in [0.2, 0.25) is 23.3 Å². The van der Waals surface area contributed by atoms with Crippen LogP contribution in [0.5, 0.6) is 0 Å². The molecule has 1 aliphatic carbocycles. The predicted octanol–water partition coefficient (Wildman–Crippen LogP) is 3.82. The van der Waals surface area contributed by atoms with Gasteiger partial charge in [-0.25, -0.2) is 4.79 Å². The van der Waals surface area contributed by atoms with Crippen molar-refractivity contribution >= 4 is 17.5 Å². The van der Waals surface area contributed by atoms with Crippen molar-refractivity contribution in [1.29, 1.82) is 0 Å². The first-order chi connectivity index (χ1) is 16.4. The second-order valence-electron chi connectivity index (χ2n) is 9.44. The number of nitrogens with zero attached hydrogens (tertiary/aromatic N) is 4. The zero-order chi connectivity index (χ0) is 23.8. The SMILES string of the molecule is C=C1C=CC(=[N+]2CC(C(=O)N3CCC(c4nc(-c5ccc(C)cc5)no4)CC3)CC2=O)C=C1C. The van der Waals surface area contributed by atoms with E-state index in [1.54, 1.807) is 4.58 Å². The van der Waals surface area contributed by atoms with Gasteiger partial charge < -0.3 is 9.42 Å². The Morgan fingerprint density at radius 1 is 1.15 bits per heavy atom. The Morgan fingerprint density at radius 3 is 2.59 bits per heavy atom. The first-order valence-electron chi connectivity index (χ1n) is 11.8. The average molecular weight is 458 g/mol. The van der Waals surface area contributed by atoms with E-state index in [0.29, 0.717) is 31.3 Å². The second kappa shape index (κ2) is 8.97. The average Bonchev–Trinajstić information content (AvgIpc) is 3.48. The third-order valence-electron chi connectivity index (χ3n) is 7.02. The van der Waals surface area contributed by atoms with E-state index in [-0.39, 0.29) is 30.1 Å². The number of carbonyl (C=O) groups excluding carboxylic acids is 2. The molecule has 1 unspecified atom stereocenters. The molecule has 2 fully saturated rings. The van der Waals surface area contributed by atoms with E-state index in [2.05, 4.69) is 16.7 Å². The van der Waals surface area contributed by atoms with Crippen molar-refractivity contribution in [3.63, 3.8) is 0 Å². The topological polar surface area (TPSA) is 79.3 Å². The van der Waals surface area contributed by atoms with Crippen LogP contribution in [0.25, 0.3) is 11.4 Å². The van der Waals surface area contributed by atoms with E-state index in [1.807, 2.05) is 61.2 Å². The highest BCUT2D eigenvalue weighted by Crippen LogP contribution is 2.30. The van der Waals surface area contributed by atoms with Gasteiger partial charge >= 0.3 is 5.91 Å². The number of allylic oxidation sites excluding steroid dienone is 5. The zero-order valence-corrected chi connectivity index (χ0v) is 19.7. The molecule has 3 heterocycles. The van der Waals surface area contributed by atoms with Crippen molar-refractivity contribution in [2.75, 3.05) is 19.6 Å². The standard InChI is InChI=1S/C27H29N4O3/c1-17-4-7-20(8-5-17)25-28-26(34-29-25)21-10-12-30(13-11-21)27(33)22-15-24(32)31(16-22)23-9-6-18(2)19(3)14-23/h4-9,14,21-22H,2,10-13,15-16H2,1,3H3/q+1. The molecular formula is C27H29N4O3+. The summed E-state index contributed by atoms with van der Waals surface area (Å²) in [6.45, 7) is 9.69. The molecule has 7 heteroatoms. The first-order valence-corrected chi connectivity index (χ1v) is 11.8. The fourth-order valence-electron chi connectivity index (χ4n) is 4.80. The van der Waals surface area contributed by atoms with Crippen LogP contribution in [0.4, 0.5) is 0 Å². The van der Waals surface area contributed by atoms with Crippen LogP contribution < -0.4 is 0 Å². The van der Waals surface area contributed by atoms with Gasteiger partial charge in [0.05, 0.1) is 6.42 Å². The molecule has 0 N–H and O–H groups in total. The van der Waals surface area contributed by atoms with E-state index >= 15 is 0 Å².